The number of amides is 1. The van der Waals surface area contributed by atoms with Gasteiger partial charge in [0.15, 0.2) is 0 Å². The molecule has 122 valence electrons. The molecule has 0 unspecified atom stereocenters. The number of carbonyl (C=O) groups excluding carboxylic acids is 1. The third-order valence-corrected chi connectivity index (χ3v) is 4.44. The zero-order chi connectivity index (χ0) is 16.6. The summed E-state index contributed by atoms with van der Waals surface area (Å²) in [6, 6.07) is -0.680. The van der Waals surface area contributed by atoms with Gasteiger partial charge in [0.05, 0.1) is 0 Å². The van der Waals surface area contributed by atoms with Crippen molar-refractivity contribution in [1.29, 1.82) is 0 Å². The van der Waals surface area contributed by atoms with E-state index in [0.717, 1.165) is 23.4 Å². The van der Waals surface area contributed by atoms with E-state index in [1.165, 1.54) is 11.2 Å². The molecule has 1 atom stereocenters. The Morgan fingerprint density at radius 2 is 2.17 bits per heavy atom. The van der Waals surface area contributed by atoms with Gasteiger partial charge in [-0.3, -0.25) is 4.79 Å². The molecule has 23 heavy (non-hydrogen) atoms. The zero-order valence-corrected chi connectivity index (χ0v) is 13.2. The van der Waals surface area contributed by atoms with E-state index in [1.54, 1.807) is 4.52 Å². The first-order chi connectivity index (χ1) is 11.0. The molecule has 1 N–H and O–H groups in total. The van der Waals surface area contributed by atoms with Crippen LogP contribution in [0.5, 0.6) is 0 Å². The maximum absolute atomic E-state index is 12.4. The fraction of sp³-hybridized carbons (Fsp3) is 0.533. The molecule has 1 aliphatic heterocycles. The molecule has 2 aromatic heterocycles. The molecule has 1 fully saturated rings. The Bertz CT molecular complexity index is 770. The standard InChI is InChI=1S/C15H19N5O3/c1-9-11(10(2)20-15(18-9)16-8-17-20)5-6-13(21)19-7-3-4-12(19)14(22)23/h8,12H,3-7H2,1-2H3,(H,22,23)/t12-/m0/s1. The minimum Gasteiger partial charge on any atom is -0.480 e. The minimum absolute atomic E-state index is 0.118. The lowest BCUT2D eigenvalue weighted by atomic mass is 10.1. The van der Waals surface area contributed by atoms with Gasteiger partial charge >= 0.3 is 5.97 Å². The molecule has 1 saturated heterocycles. The topological polar surface area (TPSA) is 101 Å². The first kappa shape index (κ1) is 15.4. The van der Waals surface area contributed by atoms with Crippen molar-refractivity contribution in [3.8, 4) is 0 Å². The van der Waals surface area contributed by atoms with Crippen molar-refractivity contribution in [3.63, 3.8) is 0 Å². The second kappa shape index (κ2) is 5.94. The third-order valence-electron chi connectivity index (χ3n) is 4.44. The summed E-state index contributed by atoms with van der Waals surface area (Å²) in [5.74, 6) is -0.498. The second-order valence-electron chi connectivity index (χ2n) is 5.82. The average molecular weight is 317 g/mol. The SMILES string of the molecule is Cc1nc2ncnn2c(C)c1CCC(=O)N1CCC[C@H]1C(=O)O. The van der Waals surface area contributed by atoms with Crippen molar-refractivity contribution in [2.75, 3.05) is 6.54 Å². The van der Waals surface area contributed by atoms with Gasteiger partial charge in [-0.05, 0) is 38.7 Å². The predicted octanol–water partition coefficient (Wildman–Crippen LogP) is 0.749. The molecule has 0 spiro atoms. The van der Waals surface area contributed by atoms with Crippen molar-refractivity contribution >= 4 is 17.7 Å². The van der Waals surface area contributed by atoms with E-state index < -0.39 is 12.0 Å². The van der Waals surface area contributed by atoms with Crippen molar-refractivity contribution < 1.29 is 14.7 Å². The van der Waals surface area contributed by atoms with E-state index in [2.05, 4.69) is 15.1 Å². The Morgan fingerprint density at radius 1 is 1.39 bits per heavy atom. The maximum Gasteiger partial charge on any atom is 0.326 e. The minimum atomic E-state index is -0.922. The number of fused-ring (bicyclic) bond motifs is 1. The Balaban J connectivity index is 1.75. The summed E-state index contributed by atoms with van der Waals surface area (Å²) in [5, 5.41) is 13.3. The van der Waals surface area contributed by atoms with Crippen molar-refractivity contribution in [1.82, 2.24) is 24.5 Å². The number of aliphatic carboxylic acids is 1. The van der Waals surface area contributed by atoms with E-state index in [1.807, 2.05) is 13.8 Å². The molecule has 3 heterocycles. The number of aryl methyl sites for hydroxylation is 2. The number of carboxylic acid groups (broad SMARTS) is 1. The number of carbonyl (C=O) groups is 2. The summed E-state index contributed by atoms with van der Waals surface area (Å²) in [6.07, 6.45) is 3.51. The van der Waals surface area contributed by atoms with Gasteiger partial charge in [0.25, 0.3) is 5.78 Å². The molecule has 3 rings (SSSR count). The molecule has 2 aromatic rings. The number of rotatable bonds is 4. The first-order valence-corrected chi connectivity index (χ1v) is 7.67. The molecule has 8 heteroatoms. The van der Waals surface area contributed by atoms with E-state index in [0.29, 0.717) is 25.2 Å². The lowest BCUT2D eigenvalue weighted by Gasteiger charge is -2.21. The van der Waals surface area contributed by atoms with E-state index >= 15 is 0 Å². The molecule has 0 radical (unpaired) electrons. The number of aromatic nitrogens is 4. The van der Waals surface area contributed by atoms with Crippen LogP contribution >= 0.6 is 0 Å². The van der Waals surface area contributed by atoms with Gasteiger partial charge in [0.2, 0.25) is 5.91 Å². The predicted molar refractivity (Wildman–Crippen MR) is 80.9 cm³/mol. The largest absolute Gasteiger partial charge is 0.480 e. The quantitative estimate of drug-likeness (QED) is 0.893. The highest BCUT2D eigenvalue weighted by atomic mass is 16.4. The number of likely N-dealkylation sites (tertiary alicyclic amines) is 1. The number of hydrogen-bond acceptors (Lipinski definition) is 5. The van der Waals surface area contributed by atoms with E-state index in [-0.39, 0.29) is 12.3 Å². The van der Waals surface area contributed by atoms with E-state index in [4.69, 9.17) is 0 Å². The van der Waals surface area contributed by atoms with E-state index in [9.17, 15) is 14.7 Å². The molecular weight excluding hydrogens is 298 g/mol. The summed E-state index contributed by atoms with van der Waals surface area (Å²) >= 11 is 0. The molecule has 0 aliphatic carbocycles. The number of hydrogen-bond donors (Lipinski definition) is 1. The molecule has 0 bridgehead atoms. The number of carboxylic acids is 1. The summed E-state index contributed by atoms with van der Waals surface area (Å²) in [7, 11) is 0. The van der Waals surface area contributed by atoms with Gasteiger partial charge in [-0.1, -0.05) is 0 Å². The lowest BCUT2D eigenvalue weighted by Crippen LogP contribution is -2.40. The summed E-state index contributed by atoms with van der Waals surface area (Å²) in [6.45, 7) is 4.33. The smallest absolute Gasteiger partial charge is 0.326 e. The van der Waals surface area contributed by atoms with Gasteiger partial charge < -0.3 is 10.0 Å². The van der Waals surface area contributed by atoms with Crippen LogP contribution in [-0.2, 0) is 16.0 Å². The van der Waals surface area contributed by atoms with Crippen LogP contribution in [-0.4, -0.2) is 54.1 Å². The summed E-state index contributed by atoms with van der Waals surface area (Å²) in [4.78, 5) is 33.5. The van der Waals surface area contributed by atoms with Gasteiger partial charge in [-0.2, -0.15) is 10.1 Å². The van der Waals surface area contributed by atoms with Crippen LogP contribution in [0, 0.1) is 13.8 Å². The van der Waals surface area contributed by atoms with Gasteiger partial charge in [0.1, 0.15) is 12.4 Å². The van der Waals surface area contributed by atoms with Crippen LogP contribution in [0.25, 0.3) is 5.78 Å². The highest BCUT2D eigenvalue weighted by Gasteiger charge is 2.33. The lowest BCUT2D eigenvalue weighted by molar-refractivity contribution is -0.148. The Hall–Kier alpha value is -2.51. The average Bonchev–Trinajstić information content (AvgIpc) is 3.15. The van der Waals surface area contributed by atoms with Crippen LogP contribution in [0.4, 0.5) is 0 Å². The van der Waals surface area contributed by atoms with Crippen LogP contribution in [0.1, 0.15) is 36.2 Å². The Morgan fingerprint density at radius 3 is 2.91 bits per heavy atom. The second-order valence-corrected chi connectivity index (χ2v) is 5.82. The normalized spacial score (nSPS) is 17.8. The number of nitrogens with zero attached hydrogens (tertiary/aromatic N) is 5. The molecule has 1 amide bonds. The summed E-state index contributed by atoms with van der Waals surface area (Å²) < 4.78 is 1.66. The van der Waals surface area contributed by atoms with Crippen LogP contribution in [0.15, 0.2) is 6.33 Å². The molecular formula is C15H19N5O3. The fourth-order valence-corrected chi connectivity index (χ4v) is 3.21. The molecule has 0 saturated carbocycles. The van der Waals surface area contributed by atoms with Gasteiger partial charge in [-0.15, -0.1) is 0 Å². The fourth-order valence-electron chi connectivity index (χ4n) is 3.21. The third kappa shape index (κ3) is 2.76. The van der Waals surface area contributed by atoms with Crippen molar-refractivity contribution in [2.45, 2.75) is 45.6 Å². The highest BCUT2D eigenvalue weighted by Crippen LogP contribution is 2.20. The zero-order valence-electron chi connectivity index (χ0n) is 13.2. The Kier molecular flexibility index (Phi) is 3.97. The van der Waals surface area contributed by atoms with Gasteiger partial charge in [0, 0.05) is 24.4 Å². The summed E-state index contributed by atoms with van der Waals surface area (Å²) in [5.41, 5.74) is 2.70. The monoisotopic (exact) mass is 317 g/mol. The maximum atomic E-state index is 12.4. The van der Waals surface area contributed by atoms with Crippen molar-refractivity contribution in [2.24, 2.45) is 0 Å². The van der Waals surface area contributed by atoms with Gasteiger partial charge in [-0.25, -0.2) is 14.3 Å². The highest BCUT2D eigenvalue weighted by molar-refractivity contribution is 5.84. The molecule has 8 nitrogen and oxygen atoms in total. The van der Waals surface area contributed by atoms with Crippen LogP contribution in [0.3, 0.4) is 0 Å². The van der Waals surface area contributed by atoms with Crippen molar-refractivity contribution in [3.05, 3.63) is 23.3 Å². The molecule has 0 aromatic carbocycles. The van der Waals surface area contributed by atoms with Crippen LogP contribution in [0.2, 0.25) is 0 Å². The van der Waals surface area contributed by atoms with Crippen LogP contribution < -0.4 is 0 Å². The molecule has 1 aliphatic rings. The first-order valence-electron chi connectivity index (χ1n) is 7.67. The Labute approximate surface area is 133 Å².